The van der Waals surface area contributed by atoms with Crippen LogP contribution in [0.5, 0.6) is 0 Å². The molecule has 118 valence electrons. The molecule has 0 saturated heterocycles. The van der Waals surface area contributed by atoms with Gasteiger partial charge in [0, 0.05) is 0 Å². The van der Waals surface area contributed by atoms with E-state index in [9.17, 15) is 9.59 Å². The fraction of sp³-hybridized carbons (Fsp3) is 0.100. The van der Waals surface area contributed by atoms with Gasteiger partial charge < -0.3 is 0 Å². The van der Waals surface area contributed by atoms with Crippen LogP contribution in [-0.2, 0) is 19.1 Å². The van der Waals surface area contributed by atoms with E-state index in [4.69, 9.17) is 0 Å². The first-order chi connectivity index (χ1) is 11.7. The Bertz CT molecular complexity index is 784. The Morgan fingerprint density at radius 2 is 0.958 bits per heavy atom. The Labute approximate surface area is 149 Å². The second-order valence-corrected chi connectivity index (χ2v) is 7.90. The summed E-state index contributed by atoms with van der Waals surface area (Å²) in [7, 11) is 0. The number of thioether (sulfide) groups is 2. The minimum Gasteiger partial charge on any atom is -0.293 e. The van der Waals surface area contributed by atoms with Crippen molar-refractivity contribution in [3.63, 3.8) is 0 Å². The van der Waals surface area contributed by atoms with Gasteiger partial charge in [-0.15, -0.1) is 23.5 Å². The molecule has 2 nitrogen and oxygen atoms in total. The Morgan fingerprint density at radius 3 is 1.25 bits per heavy atom. The number of carbonyl (C=O) groups excluding carboxylic acids is 2. The first kappa shape index (κ1) is 15.5. The Kier molecular flexibility index (Phi) is 3.74. The molecule has 2 aromatic rings. The maximum atomic E-state index is 13.1. The molecule has 0 aliphatic carbocycles. The van der Waals surface area contributed by atoms with Gasteiger partial charge in [-0.3, -0.25) is 9.59 Å². The van der Waals surface area contributed by atoms with Crippen molar-refractivity contribution in [2.75, 3.05) is 0 Å². The predicted molar refractivity (Wildman–Crippen MR) is 99.7 cm³/mol. The number of ketones is 2. The van der Waals surface area contributed by atoms with E-state index in [1.54, 1.807) is 12.2 Å². The maximum absolute atomic E-state index is 13.1. The second kappa shape index (κ2) is 5.80. The quantitative estimate of drug-likeness (QED) is 0.820. The highest BCUT2D eigenvalue weighted by Crippen LogP contribution is 2.63. The average molecular weight is 350 g/mol. The third kappa shape index (κ3) is 1.93. The summed E-state index contributed by atoms with van der Waals surface area (Å²) in [5, 5.41) is 3.62. The summed E-state index contributed by atoms with van der Waals surface area (Å²) in [5.41, 5.74) is 1.72. The highest BCUT2D eigenvalue weighted by atomic mass is 32.2. The molecule has 2 aliphatic heterocycles. The van der Waals surface area contributed by atoms with E-state index in [2.05, 4.69) is 0 Å². The number of carbonyl (C=O) groups is 2. The SMILES string of the molecule is O=C1C=CSC1(c1ccccc1)C1(c2ccccc2)SC=CC1=O. The predicted octanol–water partition coefficient (Wildman–Crippen LogP) is 4.44. The van der Waals surface area contributed by atoms with Crippen LogP contribution >= 0.6 is 23.5 Å². The zero-order valence-electron chi connectivity index (χ0n) is 12.7. The lowest BCUT2D eigenvalue weighted by Crippen LogP contribution is -2.51. The lowest BCUT2D eigenvalue weighted by atomic mass is 9.74. The van der Waals surface area contributed by atoms with E-state index in [-0.39, 0.29) is 11.6 Å². The van der Waals surface area contributed by atoms with Gasteiger partial charge in [-0.05, 0) is 34.1 Å². The monoisotopic (exact) mass is 350 g/mol. The second-order valence-electron chi connectivity index (χ2n) is 5.66. The van der Waals surface area contributed by atoms with Gasteiger partial charge in [-0.2, -0.15) is 0 Å². The smallest absolute Gasteiger partial charge is 0.179 e. The summed E-state index contributed by atoms with van der Waals surface area (Å²) in [6.07, 6.45) is 3.18. The minimum absolute atomic E-state index is 0.0351. The molecule has 4 heteroatoms. The summed E-state index contributed by atoms with van der Waals surface area (Å²) in [6, 6.07) is 19.3. The summed E-state index contributed by atoms with van der Waals surface area (Å²) >= 11 is 2.87. The summed E-state index contributed by atoms with van der Waals surface area (Å²) in [4.78, 5) is 26.2. The Balaban J connectivity index is 2.03. The number of rotatable bonds is 3. The van der Waals surface area contributed by atoms with Gasteiger partial charge in [0.2, 0.25) is 0 Å². The first-order valence-electron chi connectivity index (χ1n) is 7.60. The molecule has 0 N–H and O–H groups in total. The van der Waals surface area contributed by atoms with Crippen LogP contribution in [0.1, 0.15) is 11.1 Å². The number of benzene rings is 2. The molecule has 0 saturated carbocycles. The van der Waals surface area contributed by atoms with Gasteiger partial charge in [0.1, 0.15) is 9.49 Å². The van der Waals surface area contributed by atoms with Crippen LogP contribution in [0.3, 0.4) is 0 Å². The molecule has 0 bridgehead atoms. The number of hydrogen-bond donors (Lipinski definition) is 0. The molecule has 2 aliphatic rings. The van der Waals surface area contributed by atoms with Crippen LogP contribution in [-0.4, -0.2) is 11.6 Å². The molecular weight excluding hydrogens is 336 g/mol. The van der Waals surface area contributed by atoms with Crippen molar-refractivity contribution in [1.82, 2.24) is 0 Å². The van der Waals surface area contributed by atoms with E-state index in [1.165, 1.54) is 23.5 Å². The van der Waals surface area contributed by atoms with Gasteiger partial charge in [-0.25, -0.2) is 0 Å². The van der Waals surface area contributed by atoms with Crippen molar-refractivity contribution in [3.8, 4) is 0 Å². The van der Waals surface area contributed by atoms with Crippen LogP contribution < -0.4 is 0 Å². The van der Waals surface area contributed by atoms with Crippen LogP contribution in [0.15, 0.2) is 83.6 Å². The van der Waals surface area contributed by atoms with Gasteiger partial charge in [0.05, 0.1) is 0 Å². The summed E-state index contributed by atoms with van der Waals surface area (Å²) < 4.78 is -1.97. The molecule has 4 rings (SSSR count). The van der Waals surface area contributed by atoms with Gasteiger partial charge >= 0.3 is 0 Å². The lowest BCUT2D eigenvalue weighted by molar-refractivity contribution is -0.124. The minimum atomic E-state index is -0.985. The normalized spacial score (nSPS) is 28.7. The van der Waals surface area contributed by atoms with E-state index in [1.807, 2.05) is 71.5 Å². The summed E-state index contributed by atoms with van der Waals surface area (Å²) in [6.45, 7) is 0. The third-order valence-corrected chi connectivity index (χ3v) is 7.35. The van der Waals surface area contributed by atoms with Crippen LogP contribution in [0, 0.1) is 0 Å². The first-order valence-corrected chi connectivity index (χ1v) is 9.36. The highest BCUT2D eigenvalue weighted by molar-refractivity contribution is 8.08. The molecule has 0 fully saturated rings. The van der Waals surface area contributed by atoms with E-state index in [0.717, 1.165) is 11.1 Å². The average Bonchev–Trinajstić information content (AvgIpc) is 3.21. The van der Waals surface area contributed by atoms with Crippen molar-refractivity contribution in [1.29, 1.82) is 0 Å². The summed E-state index contributed by atoms with van der Waals surface area (Å²) in [5.74, 6) is -0.0702. The number of hydrogen-bond acceptors (Lipinski definition) is 4. The molecule has 0 amide bonds. The molecule has 2 unspecified atom stereocenters. The van der Waals surface area contributed by atoms with Crippen LogP contribution in [0.2, 0.25) is 0 Å². The fourth-order valence-corrected chi connectivity index (χ4v) is 6.19. The molecule has 0 spiro atoms. The zero-order valence-corrected chi connectivity index (χ0v) is 14.3. The third-order valence-electron chi connectivity index (χ3n) is 4.48. The largest absolute Gasteiger partial charge is 0.293 e. The van der Waals surface area contributed by atoms with Crippen LogP contribution in [0.25, 0.3) is 0 Å². The van der Waals surface area contributed by atoms with Crippen molar-refractivity contribution < 1.29 is 9.59 Å². The Hall–Kier alpha value is -2.04. The van der Waals surface area contributed by atoms with E-state index in [0.29, 0.717) is 0 Å². The van der Waals surface area contributed by atoms with Crippen molar-refractivity contribution >= 4 is 35.1 Å². The zero-order chi connectivity index (χ0) is 16.6. The van der Waals surface area contributed by atoms with Crippen molar-refractivity contribution in [3.05, 3.63) is 94.8 Å². The molecular formula is C20H14O2S2. The highest BCUT2D eigenvalue weighted by Gasteiger charge is 2.64. The molecule has 0 aromatic heterocycles. The standard InChI is InChI=1S/C20H14O2S2/c21-17-11-13-23-19(17,15-7-3-1-4-8-15)20(18(22)12-14-24-20)16-9-5-2-6-10-16/h1-14H. The Morgan fingerprint density at radius 1 is 0.583 bits per heavy atom. The lowest BCUT2D eigenvalue weighted by Gasteiger charge is -2.43. The van der Waals surface area contributed by atoms with Gasteiger partial charge in [-0.1, -0.05) is 60.7 Å². The molecule has 2 heterocycles. The maximum Gasteiger partial charge on any atom is 0.179 e. The molecule has 2 atom stereocenters. The van der Waals surface area contributed by atoms with E-state index < -0.39 is 9.49 Å². The number of allylic oxidation sites excluding steroid dienone is 2. The molecule has 24 heavy (non-hydrogen) atoms. The molecule has 2 aromatic carbocycles. The molecule has 0 radical (unpaired) electrons. The van der Waals surface area contributed by atoms with E-state index >= 15 is 0 Å². The van der Waals surface area contributed by atoms with Gasteiger partial charge in [0.25, 0.3) is 0 Å². The van der Waals surface area contributed by atoms with Gasteiger partial charge in [0.15, 0.2) is 11.6 Å². The topological polar surface area (TPSA) is 34.1 Å². The fourth-order valence-electron chi connectivity index (χ4n) is 3.43. The van der Waals surface area contributed by atoms with Crippen LogP contribution in [0.4, 0.5) is 0 Å². The van der Waals surface area contributed by atoms with Crippen molar-refractivity contribution in [2.45, 2.75) is 9.49 Å². The van der Waals surface area contributed by atoms with Crippen molar-refractivity contribution in [2.24, 2.45) is 0 Å².